The maximum absolute atomic E-state index is 13.5. The van der Waals surface area contributed by atoms with Gasteiger partial charge in [-0.3, -0.25) is 9.55 Å². The van der Waals surface area contributed by atoms with E-state index in [-0.39, 0.29) is 17.2 Å². The highest BCUT2D eigenvalue weighted by Gasteiger charge is 2.40. The molecule has 1 aromatic heterocycles. The van der Waals surface area contributed by atoms with Gasteiger partial charge in [-0.25, -0.2) is 0 Å². The van der Waals surface area contributed by atoms with E-state index in [1.165, 1.54) is 0 Å². The minimum absolute atomic E-state index is 0.0761. The number of hydrogen-bond acceptors (Lipinski definition) is 6. The van der Waals surface area contributed by atoms with Gasteiger partial charge in [0, 0.05) is 5.69 Å². The Bertz CT molecular complexity index is 993. The van der Waals surface area contributed by atoms with E-state index >= 15 is 0 Å². The zero-order valence-corrected chi connectivity index (χ0v) is 24.5. The van der Waals surface area contributed by atoms with E-state index in [2.05, 4.69) is 70.1 Å². The first-order valence-electron chi connectivity index (χ1n) is 12.1. The van der Waals surface area contributed by atoms with E-state index in [4.69, 9.17) is 13.5 Å². The van der Waals surface area contributed by atoms with Crippen molar-refractivity contribution in [3.05, 3.63) is 52.8 Å². The predicted octanol–water partition coefficient (Wildman–Crippen LogP) is 7.81. The molecule has 0 fully saturated rings. The average Bonchev–Trinajstić information content (AvgIpc) is 2.72. The Morgan fingerprint density at radius 3 is 2.15 bits per heavy atom. The van der Waals surface area contributed by atoms with E-state index < -0.39 is 15.9 Å². The molecule has 2 aromatic rings. The van der Waals surface area contributed by atoms with Crippen LogP contribution in [0.2, 0.25) is 18.1 Å². The molecule has 0 saturated heterocycles. The van der Waals surface area contributed by atoms with Gasteiger partial charge in [0.2, 0.25) is 0 Å². The first-order chi connectivity index (χ1) is 15.7. The third-order valence-electron chi connectivity index (χ3n) is 6.49. The molecule has 0 aliphatic rings. The lowest BCUT2D eigenvalue weighted by molar-refractivity contribution is 0.219. The molecule has 34 heavy (non-hydrogen) atoms. The zero-order valence-electron chi connectivity index (χ0n) is 22.6. The second kappa shape index (κ2) is 11.4. The zero-order chi connectivity index (χ0) is 25.7. The van der Waals surface area contributed by atoms with Gasteiger partial charge in [-0.05, 0) is 81.6 Å². The van der Waals surface area contributed by atoms with Crippen LogP contribution in [0.3, 0.4) is 0 Å². The maximum atomic E-state index is 13.5. The van der Waals surface area contributed by atoms with E-state index in [1.807, 2.05) is 32.9 Å². The Morgan fingerprint density at radius 1 is 1.03 bits per heavy atom. The number of hydrogen-bond donors (Lipinski definition) is 1. The fraction of sp³-hybridized carbons (Fsp3) is 0.577. The van der Waals surface area contributed by atoms with E-state index in [9.17, 15) is 4.57 Å². The van der Waals surface area contributed by atoms with Crippen molar-refractivity contribution >= 4 is 21.6 Å². The highest BCUT2D eigenvalue weighted by molar-refractivity contribution is 7.53. The highest BCUT2D eigenvalue weighted by Crippen LogP contribution is 2.52. The summed E-state index contributed by atoms with van der Waals surface area (Å²) in [6, 6.07) is 7.80. The molecule has 0 bridgehead atoms. The van der Waals surface area contributed by atoms with Crippen LogP contribution in [-0.2, 0) is 13.6 Å². The van der Waals surface area contributed by atoms with Gasteiger partial charge in [-0.1, -0.05) is 32.9 Å². The lowest BCUT2D eigenvalue weighted by atomic mass is 9.98. The maximum Gasteiger partial charge on any atom is 0.333 e. The van der Waals surface area contributed by atoms with Gasteiger partial charge in [-0.15, -0.1) is 0 Å². The Kier molecular flexibility index (Phi) is 9.57. The Morgan fingerprint density at radius 2 is 1.65 bits per heavy atom. The minimum atomic E-state index is -3.32. The summed E-state index contributed by atoms with van der Waals surface area (Å²) in [7, 11) is -5.37. The molecule has 0 radical (unpaired) electrons. The number of nitrogens with one attached hydrogen (secondary N) is 1. The van der Waals surface area contributed by atoms with Gasteiger partial charge in [0.25, 0.3) is 8.32 Å². The quantitative estimate of drug-likeness (QED) is 0.248. The highest BCUT2D eigenvalue weighted by atomic mass is 31.2. The van der Waals surface area contributed by atoms with Gasteiger partial charge in [0.1, 0.15) is 5.75 Å². The fourth-order valence-electron chi connectivity index (χ4n) is 3.52. The summed E-state index contributed by atoms with van der Waals surface area (Å²) >= 11 is 0. The van der Waals surface area contributed by atoms with Crippen molar-refractivity contribution < 1.29 is 18.0 Å². The first-order valence-corrected chi connectivity index (χ1v) is 16.7. The number of aryl methyl sites for hydroxylation is 2. The SMILES string of the molecule is CCOP(=O)(CC(Nc1ccc(C)nc1)c1ccc(C)c(O[Si](C)(C)C(C)(C)C)c1C)OCC. The van der Waals surface area contributed by atoms with Gasteiger partial charge in [0.15, 0.2) is 0 Å². The van der Waals surface area contributed by atoms with Crippen LogP contribution in [-0.4, -0.2) is 32.7 Å². The molecule has 2 rings (SSSR count). The molecule has 1 aromatic carbocycles. The van der Waals surface area contributed by atoms with Gasteiger partial charge < -0.3 is 18.8 Å². The number of benzene rings is 1. The van der Waals surface area contributed by atoms with Crippen LogP contribution < -0.4 is 9.74 Å². The summed E-state index contributed by atoms with van der Waals surface area (Å²) in [6.07, 6.45) is 2.00. The summed E-state index contributed by atoms with van der Waals surface area (Å²) in [6.45, 7) is 21.7. The topological polar surface area (TPSA) is 69.7 Å². The van der Waals surface area contributed by atoms with Crippen molar-refractivity contribution in [3.8, 4) is 5.75 Å². The average molecular weight is 507 g/mol. The molecule has 0 spiro atoms. The van der Waals surface area contributed by atoms with Crippen molar-refractivity contribution in [2.75, 3.05) is 24.7 Å². The molecule has 0 amide bonds. The van der Waals surface area contributed by atoms with Crippen LogP contribution in [0, 0.1) is 20.8 Å². The normalized spacial score (nSPS) is 13.6. The third-order valence-corrected chi connectivity index (χ3v) is 12.9. The third kappa shape index (κ3) is 7.17. The molecule has 0 aliphatic heterocycles. The Balaban J connectivity index is 2.56. The van der Waals surface area contributed by atoms with Crippen LogP contribution in [0.25, 0.3) is 0 Å². The molecular formula is C26H43N2O4PSi. The number of nitrogens with zero attached hydrogens (tertiary/aromatic N) is 1. The number of anilines is 1. The second-order valence-electron chi connectivity index (χ2n) is 10.3. The van der Waals surface area contributed by atoms with E-state index in [1.54, 1.807) is 6.20 Å². The first kappa shape index (κ1) is 28.6. The van der Waals surface area contributed by atoms with Crippen molar-refractivity contribution in [3.63, 3.8) is 0 Å². The molecule has 1 unspecified atom stereocenters. The van der Waals surface area contributed by atoms with Crippen LogP contribution >= 0.6 is 7.60 Å². The van der Waals surface area contributed by atoms with Crippen LogP contribution in [0.1, 0.15) is 63.0 Å². The number of rotatable bonds is 11. The largest absolute Gasteiger partial charge is 0.543 e. The lowest BCUT2D eigenvalue weighted by Crippen LogP contribution is -2.44. The standard InChI is InChI=1S/C26H43N2O4PSi/c1-11-30-33(29,31-12-2)18-24(28-22-15-14-20(4)27-17-22)23-16-13-19(3)25(21(23)5)32-34(9,10)26(6,7)8/h13-17,24,28H,11-12,18H2,1-10H3. The molecule has 190 valence electrons. The lowest BCUT2D eigenvalue weighted by Gasteiger charge is -2.38. The van der Waals surface area contributed by atoms with Crippen LogP contribution in [0.4, 0.5) is 5.69 Å². The summed E-state index contributed by atoms with van der Waals surface area (Å²) in [5, 5.41) is 3.61. The molecule has 0 aliphatic carbocycles. The molecule has 1 heterocycles. The fourth-order valence-corrected chi connectivity index (χ4v) is 6.46. The second-order valence-corrected chi connectivity index (χ2v) is 17.1. The van der Waals surface area contributed by atoms with E-state index in [0.717, 1.165) is 33.8 Å². The molecule has 1 N–H and O–H groups in total. The summed E-state index contributed by atoms with van der Waals surface area (Å²) in [4.78, 5) is 4.41. The van der Waals surface area contributed by atoms with Crippen molar-refractivity contribution in [2.24, 2.45) is 0 Å². The van der Waals surface area contributed by atoms with Gasteiger partial charge in [0.05, 0.1) is 37.3 Å². The van der Waals surface area contributed by atoms with Crippen molar-refractivity contribution in [1.29, 1.82) is 0 Å². The Labute approximate surface area is 207 Å². The predicted molar refractivity (Wildman–Crippen MR) is 145 cm³/mol. The summed E-state index contributed by atoms with van der Waals surface area (Å²) < 4.78 is 31.6. The van der Waals surface area contributed by atoms with Crippen molar-refractivity contribution in [1.82, 2.24) is 4.98 Å². The summed E-state index contributed by atoms with van der Waals surface area (Å²) in [5.41, 5.74) is 4.94. The molecule has 0 saturated carbocycles. The van der Waals surface area contributed by atoms with Gasteiger partial charge >= 0.3 is 7.60 Å². The molecule has 1 atom stereocenters. The van der Waals surface area contributed by atoms with E-state index in [0.29, 0.717) is 13.2 Å². The number of pyridine rings is 1. The van der Waals surface area contributed by atoms with Crippen LogP contribution in [0.15, 0.2) is 30.5 Å². The summed E-state index contributed by atoms with van der Waals surface area (Å²) in [5.74, 6) is 0.917. The Hall–Kier alpha value is -1.66. The minimum Gasteiger partial charge on any atom is -0.543 e. The van der Waals surface area contributed by atoms with Gasteiger partial charge in [-0.2, -0.15) is 0 Å². The molecule has 6 nitrogen and oxygen atoms in total. The molecular weight excluding hydrogens is 463 g/mol. The number of aromatic nitrogens is 1. The monoisotopic (exact) mass is 506 g/mol. The van der Waals surface area contributed by atoms with Crippen molar-refractivity contribution in [2.45, 2.75) is 79.6 Å². The molecule has 8 heteroatoms. The smallest absolute Gasteiger partial charge is 0.333 e. The van der Waals surface area contributed by atoms with Crippen LogP contribution in [0.5, 0.6) is 5.75 Å².